The van der Waals surface area contributed by atoms with Crippen LogP contribution in [0, 0.1) is 5.92 Å². The first kappa shape index (κ1) is 16.0. The number of hydrogen-bond acceptors (Lipinski definition) is 5. The Labute approximate surface area is 147 Å². The molecule has 3 aromatic heterocycles. The Kier molecular flexibility index (Phi) is 3.68. The van der Waals surface area contributed by atoms with E-state index >= 15 is 0 Å². The Hall–Kier alpha value is -2.54. The predicted molar refractivity (Wildman–Crippen MR) is 101 cm³/mol. The first-order valence-electron chi connectivity index (χ1n) is 8.01. The van der Waals surface area contributed by atoms with Crippen LogP contribution in [-0.4, -0.2) is 28.6 Å². The minimum atomic E-state index is -0.380. The SMILES string of the molecule is C[C@H]1C=C(n2cnc3c(sc4nccc(N(C)C)c43)c2=O)C(F)=CC1. The number of aromatic nitrogens is 3. The molecule has 0 fully saturated rings. The summed E-state index contributed by atoms with van der Waals surface area (Å²) in [5, 5.41) is 0.860. The normalized spacial score (nSPS) is 17.7. The van der Waals surface area contributed by atoms with Crippen LogP contribution >= 0.6 is 11.3 Å². The zero-order valence-electron chi connectivity index (χ0n) is 14.2. The first-order valence-corrected chi connectivity index (χ1v) is 8.83. The maximum Gasteiger partial charge on any atom is 0.276 e. The number of rotatable bonds is 2. The molecule has 0 aromatic carbocycles. The van der Waals surface area contributed by atoms with Gasteiger partial charge >= 0.3 is 0 Å². The van der Waals surface area contributed by atoms with Gasteiger partial charge in [-0.15, -0.1) is 11.3 Å². The zero-order chi connectivity index (χ0) is 17.7. The number of anilines is 1. The molecule has 1 aliphatic rings. The molecule has 3 heterocycles. The molecule has 4 rings (SSSR count). The van der Waals surface area contributed by atoms with Crippen LogP contribution in [-0.2, 0) is 0 Å². The molecule has 0 unspecified atom stereocenters. The Bertz CT molecular complexity index is 1110. The van der Waals surface area contributed by atoms with Gasteiger partial charge in [0, 0.05) is 20.3 Å². The molecule has 7 heteroatoms. The number of hydrogen-bond donors (Lipinski definition) is 0. The number of halogens is 1. The lowest BCUT2D eigenvalue weighted by Crippen LogP contribution is -2.21. The van der Waals surface area contributed by atoms with Crippen LogP contribution < -0.4 is 10.5 Å². The van der Waals surface area contributed by atoms with Gasteiger partial charge in [-0.3, -0.25) is 9.36 Å². The average molecular weight is 356 g/mol. The van der Waals surface area contributed by atoms with E-state index in [0.717, 1.165) is 15.9 Å². The van der Waals surface area contributed by atoms with Crippen molar-refractivity contribution < 1.29 is 4.39 Å². The van der Waals surface area contributed by atoms with Crippen molar-refractivity contribution in [3.05, 3.63) is 46.9 Å². The van der Waals surface area contributed by atoms with Gasteiger partial charge in [0.05, 0.1) is 22.3 Å². The summed E-state index contributed by atoms with van der Waals surface area (Å²) in [6.45, 7) is 1.99. The van der Waals surface area contributed by atoms with Gasteiger partial charge in [-0.1, -0.05) is 13.0 Å². The topological polar surface area (TPSA) is 51.0 Å². The molecule has 128 valence electrons. The third-order valence-corrected chi connectivity index (χ3v) is 5.43. The van der Waals surface area contributed by atoms with Crippen LogP contribution in [0.3, 0.4) is 0 Å². The molecule has 0 spiro atoms. The fraction of sp³-hybridized carbons (Fsp3) is 0.278. The van der Waals surface area contributed by atoms with Crippen LogP contribution in [0.25, 0.3) is 26.1 Å². The molecular weight excluding hydrogens is 339 g/mol. The highest BCUT2D eigenvalue weighted by molar-refractivity contribution is 7.25. The van der Waals surface area contributed by atoms with Crippen molar-refractivity contribution in [3.63, 3.8) is 0 Å². The van der Waals surface area contributed by atoms with Crippen molar-refractivity contribution in [3.8, 4) is 0 Å². The lowest BCUT2D eigenvalue weighted by molar-refractivity contribution is 0.617. The maximum absolute atomic E-state index is 14.3. The van der Waals surface area contributed by atoms with Gasteiger partial charge in [0.2, 0.25) is 0 Å². The Balaban J connectivity index is 2.02. The summed E-state index contributed by atoms with van der Waals surface area (Å²) in [5.74, 6) is -0.198. The third-order valence-electron chi connectivity index (χ3n) is 4.36. The van der Waals surface area contributed by atoms with E-state index in [1.54, 1.807) is 12.3 Å². The highest BCUT2D eigenvalue weighted by atomic mass is 32.1. The zero-order valence-corrected chi connectivity index (χ0v) is 15.0. The summed E-state index contributed by atoms with van der Waals surface area (Å²) < 4.78 is 16.0. The molecule has 0 aliphatic heterocycles. The molecule has 0 saturated heterocycles. The standard InChI is InChI=1S/C18H17FN4OS/c1-10-4-5-11(19)13(8-10)23-9-21-15-14-12(22(2)3)6-7-20-17(14)25-16(15)18(23)24/h5-10H,4H2,1-3H3/t10-/m1/s1. The van der Waals surface area contributed by atoms with E-state index in [1.807, 2.05) is 32.0 Å². The van der Waals surface area contributed by atoms with Crippen molar-refractivity contribution in [2.45, 2.75) is 13.3 Å². The predicted octanol–water partition coefficient (Wildman–Crippen LogP) is 3.81. The monoisotopic (exact) mass is 356 g/mol. The molecule has 0 amide bonds. The largest absolute Gasteiger partial charge is 0.377 e. The second-order valence-electron chi connectivity index (χ2n) is 6.42. The summed E-state index contributed by atoms with van der Waals surface area (Å²) in [4.78, 5) is 24.6. The van der Waals surface area contributed by atoms with E-state index in [9.17, 15) is 9.18 Å². The Morgan fingerprint density at radius 3 is 2.92 bits per heavy atom. The van der Waals surface area contributed by atoms with Gasteiger partial charge in [-0.05, 0) is 24.5 Å². The third kappa shape index (κ3) is 2.46. The van der Waals surface area contributed by atoms with Crippen molar-refractivity contribution in [1.29, 1.82) is 0 Å². The lowest BCUT2D eigenvalue weighted by Gasteiger charge is -2.16. The molecule has 0 N–H and O–H groups in total. The van der Waals surface area contributed by atoms with Gasteiger partial charge < -0.3 is 4.90 Å². The van der Waals surface area contributed by atoms with Crippen molar-refractivity contribution in [2.75, 3.05) is 19.0 Å². The second-order valence-corrected chi connectivity index (χ2v) is 7.42. The molecule has 1 atom stereocenters. The van der Waals surface area contributed by atoms with Crippen LogP contribution in [0.15, 0.2) is 41.4 Å². The van der Waals surface area contributed by atoms with Crippen LogP contribution in [0.5, 0.6) is 0 Å². The molecule has 5 nitrogen and oxygen atoms in total. The summed E-state index contributed by atoms with van der Waals surface area (Å²) >= 11 is 1.30. The average Bonchev–Trinajstić information content (AvgIpc) is 2.97. The van der Waals surface area contributed by atoms with E-state index in [2.05, 4.69) is 9.97 Å². The molecular formula is C18H17FN4OS. The minimum Gasteiger partial charge on any atom is -0.377 e. The first-order chi connectivity index (χ1) is 12.0. The smallest absolute Gasteiger partial charge is 0.276 e. The van der Waals surface area contributed by atoms with Gasteiger partial charge in [-0.2, -0.15) is 0 Å². The number of thiophene rings is 1. The van der Waals surface area contributed by atoms with Gasteiger partial charge in [0.25, 0.3) is 5.56 Å². The molecule has 25 heavy (non-hydrogen) atoms. The summed E-state index contributed by atoms with van der Waals surface area (Å²) in [5.41, 5.74) is 1.59. The molecule has 1 aliphatic carbocycles. The summed E-state index contributed by atoms with van der Waals surface area (Å²) in [7, 11) is 3.88. The Morgan fingerprint density at radius 2 is 2.16 bits per heavy atom. The van der Waals surface area contributed by atoms with Crippen molar-refractivity contribution in [2.24, 2.45) is 5.92 Å². The van der Waals surface area contributed by atoms with Gasteiger partial charge in [-0.25, -0.2) is 14.4 Å². The number of allylic oxidation sites excluding steroid dienone is 4. The fourth-order valence-corrected chi connectivity index (χ4v) is 4.14. The highest BCUT2D eigenvalue weighted by Gasteiger charge is 2.20. The number of pyridine rings is 1. The quantitative estimate of drug-likeness (QED) is 0.701. The van der Waals surface area contributed by atoms with Crippen molar-refractivity contribution >= 4 is 43.2 Å². The van der Waals surface area contributed by atoms with Crippen LogP contribution in [0.4, 0.5) is 10.1 Å². The summed E-state index contributed by atoms with van der Waals surface area (Å²) in [6, 6.07) is 1.90. The lowest BCUT2D eigenvalue weighted by atomic mass is 10.0. The highest BCUT2D eigenvalue weighted by Crippen LogP contribution is 2.35. The molecule has 3 aromatic rings. The van der Waals surface area contributed by atoms with Crippen LogP contribution in [0.2, 0.25) is 0 Å². The van der Waals surface area contributed by atoms with Crippen LogP contribution in [0.1, 0.15) is 13.3 Å². The fourth-order valence-electron chi connectivity index (χ4n) is 3.09. The van der Waals surface area contributed by atoms with Gasteiger partial charge in [0.1, 0.15) is 21.7 Å². The minimum absolute atomic E-state index is 0.182. The van der Waals surface area contributed by atoms with E-state index in [1.165, 1.54) is 28.3 Å². The van der Waals surface area contributed by atoms with E-state index < -0.39 is 0 Å². The number of nitrogens with zero attached hydrogens (tertiary/aromatic N) is 4. The Morgan fingerprint density at radius 1 is 1.36 bits per heavy atom. The van der Waals surface area contributed by atoms with E-state index in [-0.39, 0.29) is 23.0 Å². The van der Waals surface area contributed by atoms with Gasteiger partial charge in [0.15, 0.2) is 0 Å². The number of fused-ring (bicyclic) bond motifs is 3. The summed E-state index contributed by atoms with van der Waals surface area (Å²) in [6.07, 6.45) is 7.08. The van der Waals surface area contributed by atoms with Crippen molar-refractivity contribution in [1.82, 2.24) is 14.5 Å². The second kappa shape index (κ2) is 5.77. The molecule has 0 radical (unpaired) electrons. The van der Waals surface area contributed by atoms with E-state index in [4.69, 9.17) is 0 Å². The molecule has 0 saturated carbocycles. The van der Waals surface area contributed by atoms with E-state index in [0.29, 0.717) is 16.6 Å². The maximum atomic E-state index is 14.3. The molecule has 0 bridgehead atoms.